The van der Waals surface area contributed by atoms with Gasteiger partial charge < -0.3 is 15.0 Å². The van der Waals surface area contributed by atoms with Crippen LogP contribution in [0.4, 0.5) is 11.4 Å². The number of ether oxygens (including phenoxy) is 1. The zero-order chi connectivity index (χ0) is 20.2. The van der Waals surface area contributed by atoms with Gasteiger partial charge in [-0.2, -0.15) is 0 Å². The monoisotopic (exact) mass is 392 g/mol. The van der Waals surface area contributed by atoms with E-state index in [2.05, 4.69) is 17.4 Å². The molecule has 2 amide bonds. The van der Waals surface area contributed by atoms with Crippen LogP contribution in [0.2, 0.25) is 0 Å². The number of carbonyl (C=O) groups excluding carboxylic acids is 2. The lowest BCUT2D eigenvalue weighted by Gasteiger charge is -2.21. The number of carbonyl (C=O) groups is 2. The number of aryl methyl sites for hydroxylation is 2. The van der Waals surface area contributed by atoms with Crippen LogP contribution in [0.25, 0.3) is 0 Å². The average Bonchev–Trinajstić information content (AvgIpc) is 3.18. The van der Waals surface area contributed by atoms with Gasteiger partial charge in [-0.15, -0.1) is 0 Å². The van der Waals surface area contributed by atoms with Gasteiger partial charge >= 0.3 is 0 Å². The maximum atomic E-state index is 12.8. The maximum Gasteiger partial charge on any atom is 0.265 e. The molecule has 1 N–H and O–H groups in total. The molecule has 1 aliphatic heterocycles. The van der Waals surface area contributed by atoms with Crippen molar-refractivity contribution in [3.05, 3.63) is 53.6 Å². The van der Waals surface area contributed by atoms with E-state index in [-0.39, 0.29) is 11.8 Å². The number of hydrogen-bond acceptors (Lipinski definition) is 3. The molecule has 152 valence electrons. The van der Waals surface area contributed by atoms with Crippen LogP contribution in [0.15, 0.2) is 42.5 Å². The van der Waals surface area contributed by atoms with Crippen molar-refractivity contribution in [2.75, 3.05) is 16.8 Å². The van der Waals surface area contributed by atoms with Gasteiger partial charge in [-0.05, 0) is 80.0 Å². The highest BCUT2D eigenvalue weighted by Crippen LogP contribution is 2.27. The zero-order valence-corrected chi connectivity index (χ0v) is 16.9. The molecule has 0 aromatic heterocycles. The van der Waals surface area contributed by atoms with E-state index in [1.54, 1.807) is 4.90 Å². The molecular weight excluding hydrogens is 364 g/mol. The lowest BCUT2D eigenvalue weighted by Crippen LogP contribution is -2.32. The molecule has 2 aromatic carbocycles. The molecule has 29 heavy (non-hydrogen) atoms. The summed E-state index contributed by atoms with van der Waals surface area (Å²) in [5.74, 6) is 0.717. The van der Waals surface area contributed by atoms with Crippen molar-refractivity contribution in [3.8, 4) is 5.75 Å². The third kappa shape index (κ3) is 4.44. The van der Waals surface area contributed by atoms with Gasteiger partial charge in [-0.1, -0.05) is 19.1 Å². The molecule has 0 spiro atoms. The molecule has 2 aliphatic rings. The zero-order valence-electron chi connectivity index (χ0n) is 16.9. The van der Waals surface area contributed by atoms with Gasteiger partial charge in [0, 0.05) is 24.3 Å². The lowest BCUT2D eigenvalue weighted by atomic mass is 9.92. The first kappa shape index (κ1) is 19.5. The van der Waals surface area contributed by atoms with E-state index in [0.29, 0.717) is 18.5 Å². The van der Waals surface area contributed by atoms with Crippen LogP contribution in [0.1, 0.15) is 50.2 Å². The second kappa shape index (κ2) is 8.68. The fourth-order valence-electron chi connectivity index (χ4n) is 4.17. The summed E-state index contributed by atoms with van der Waals surface area (Å²) in [5, 5.41) is 2.95. The molecule has 4 rings (SSSR count). The van der Waals surface area contributed by atoms with Crippen molar-refractivity contribution in [2.45, 2.75) is 58.0 Å². The van der Waals surface area contributed by atoms with Crippen LogP contribution in [-0.4, -0.2) is 24.5 Å². The number of nitrogens with one attached hydrogen (secondary N) is 1. The van der Waals surface area contributed by atoms with Crippen LogP contribution in [-0.2, 0) is 22.4 Å². The van der Waals surface area contributed by atoms with Crippen LogP contribution in [0.5, 0.6) is 5.75 Å². The van der Waals surface area contributed by atoms with E-state index < -0.39 is 6.10 Å². The number of amides is 2. The highest BCUT2D eigenvalue weighted by atomic mass is 16.5. The van der Waals surface area contributed by atoms with Gasteiger partial charge in [-0.3, -0.25) is 9.59 Å². The third-order valence-electron chi connectivity index (χ3n) is 5.76. The predicted molar refractivity (Wildman–Crippen MR) is 114 cm³/mol. The van der Waals surface area contributed by atoms with Crippen LogP contribution >= 0.6 is 0 Å². The quantitative estimate of drug-likeness (QED) is 0.788. The molecule has 1 saturated heterocycles. The first-order valence-electron chi connectivity index (χ1n) is 10.6. The molecule has 1 aliphatic carbocycles. The topological polar surface area (TPSA) is 58.6 Å². The Kier molecular flexibility index (Phi) is 5.84. The van der Waals surface area contributed by atoms with Crippen molar-refractivity contribution >= 4 is 23.2 Å². The standard InChI is InChI=1S/C24H28N2O3/c1-2-22(29-21-13-12-17-7-3-4-8-18(17)15-21)24(28)25-19-9-5-10-20(16-19)26-14-6-11-23(26)27/h5,9-10,12-13,15-16,22H,2-4,6-8,11,14H2,1H3,(H,25,28). The molecule has 1 unspecified atom stereocenters. The van der Waals surface area contributed by atoms with E-state index in [9.17, 15) is 9.59 Å². The number of hydrogen-bond donors (Lipinski definition) is 1. The predicted octanol–water partition coefficient (Wildman–Crippen LogP) is 4.49. The minimum absolute atomic E-state index is 0.135. The molecule has 0 radical (unpaired) electrons. The summed E-state index contributed by atoms with van der Waals surface area (Å²) < 4.78 is 6.03. The van der Waals surface area contributed by atoms with Gasteiger partial charge in [0.1, 0.15) is 5.75 Å². The fourth-order valence-corrected chi connectivity index (χ4v) is 4.17. The summed E-state index contributed by atoms with van der Waals surface area (Å²) in [7, 11) is 0. The Morgan fingerprint density at radius 3 is 2.66 bits per heavy atom. The summed E-state index contributed by atoms with van der Waals surface area (Å²) in [6.07, 6.45) is 6.15. The Bertz CT molecular complexity index is 909. The van der Waals surface area contributed by atoms with E-state index in [1.165, 1.54) is 24.0 Å². The highest BCUT2D eigenvalue weighted by molar-refractivity contribution is 5.98. The maximum absolute atomic E-state index is 12.8. The van der Waals surface area contributed by atoms with E-state index >= 15 is 0 Å². The van der Waals surface area contributed by atoms with E-state index in [0.717, 1.165) is 37.2 Å². The number of fused-ring (bicyclic) bond motifs is 1. The minimum atomic E-state index is -0.561. The van der Waals surface area contributed by atoms with Crippen LogP contribution in [0, 0.1) is 0 Å². The minimum Gasteiger partial charge on any atom is -0.481 e. The van der Waals surface area contributed by atoms with Crippen molar-refractivity contribution in [1.82, 2.24) is 0 Å². The summed E-state index contributed by atoms with van der Waals surface area (Å²) in [6, 6.07) is 13.6. The molecule has 1 fully saturated rings. The highest BCUT2D eigenvalue weighted by Gasteiger charge is 2.23. The Balaban J connectivity index is 1.43. The van der Waals surface area contributed by atoms with Crippen LogP contribution in [0.3, 0.4) is 0 Å². The van der Waals surface area contributed by atoms with Crippen molar-refractivity contribution in [2.24, 2.45) is 0 Å². The number of benzene rings is 2. The molecule has 1 atom stereocenters. The first-order chi connectivity index (χ1) is 14.1. The summed E-state index contributed by atoms with van der Waals surface area (Å²) in [6.45, 7) is 2.68. The molecule has 5 nitrogen and oxygen atoms in total. The lowest BCUT2D eigenvalue weighted by molar-refractivity contribution is -0.122. The van der Waals surface area contributed by atoms with Crippen molar-refractivity contribution < 1.29 is 14.3 Å². The average molecular weight is 392 g/mol. The van der Waals surface area contributed by atoms with Gasteiger partial charge in [0.2, 0.25) is 5.91 Å². The number of rotatable bonds is 6. The second-order valence-electron chi connectivity index (χ2n) is 7.84. The molecule has 2 aromatic rings. The SMILES string of the molecule is CCC(Oc1ccc2c(c1)CCCC2)C(=O)Nc1cccc(N2CCCC2=O)c1. The summed E-state index contributed by atoms with van der Waals surface area (Å²) in [4.78, 5) is 26.6. The number of anilines is 2. The van der Waals surface area contributed by atoms with Crippen molar-refractivity contribution in [1.29, 1.82) is 0 Å². The van der Waals surface area contributed by atoms with Gasteiger partial charge in [0.25, 0.3) is 5.91 Å². The smallest absolute Gasteiger partial charge is 0.265 e. The molecule has 0 saturated carbocycles. The van der Waals surface area contributed by atoms with Crippen molar-refractivity contribution in [3.63, 3.8) is 0 Å². The second-order valence-corrected chi connectivity index (χ2v) is 7.84. The third-order valence-corrected chi connectivity index (χ3v) is 5.76. The van der Waals surface area contributed by atoms with Gasteiger partial charge in [0.05, 0.1) is 0 Å². The Morgan fingerprint density at radius 1 is 1.07 bits per heavy atom. The van der Waals surface area contributed by atoms with E-state index in [1.807, 2.05) is 37.3 Å². The van der Waals surface area contributed by atoms with E-state index in [4.69, 9.17) is 4.74 Å². The Hall–Kier alpha value is -2.82. The molecule has 5 heteroatoms. The summed E-state index contributed by atoms with van der Waals surface area (Å²) in [5.41, 5.74) is 4.25. The van der Waals surface area contributed by atoms with Gasteiger partial charge in [0.15, 0.2) is 6.10 Å². The fraction of sp³-hybridized carbons (Fsp3) is 0.417. The first-order valence-corrected chi connectivity index (χ1v) is 10.6. The van der Waals surface area contributed by atoms with Crippen LogP contribution < -0.4 is 15.0 Å². The largest absolute Gasteiger partial charge is 0.481 e. The normalized spacial score (nSPS) is 17.0. The summed E-state index contributed by atoms with van der Waals surface area (Å²) >= 11 is 0. The molecule has 1 heterocycles. The Labute approximate surface area is 172 Å². The molecule has 0 bridgehead atoms. The molecular formula is C24H28N2O3. The van der Waals surface area contributed by atoms with Gasteiger partial charge in [-0.25, -0.2) is 0 Å². The number of nitrogens with zero attached hydrogens (tertiary/aromatic N) is 1. The Morgan fingerprint density at radius 2 is 1.90 bits per heavy atom.